The molecular weight excluding hydrogens is 284 g/mol. The number of aryl methyl sites for hydroxylation is 1. The van der Waals surface area contributed by atoms with Crippen LogP contribution in [0.4, 0.5) is 0 Å². The van der Waals surface area contributed by atoms with Gasteiger partial charge in [0.2, 0.25) is 0 Å². The number of rotatable bonds is 3. The van der Waals surface area contributed by atoms with Crippen LogP contribution in [0, 0.1) is 0 Å². The highest BCUT2D eigenvalue weighted by atomic mass is 79.9. The highest BCUT2D eigenvalue weighted by Crippen LogP contribution is 2.11. The summed E-state index contributed by atoms with van der Waals surface area (Å²) in [6.07, 6.45) is 1.60. The molecule has 2 rings (SSSR count). The SMILES string of the molecule is Cn1cnc(CNC(=O)c2cccc(Br)c2)n1. The van der Waals surface area contributed by atoms with Gasteiger partial charge in [-0.2, -0.15) is 5.10 Å². The predicted octanol–water partition coefficient (Wildman–Crippen LogP) is 1.51. The van der Waals surface area contributed by atoms with Crippen LogP contribution in [0.25, 0.3) is 0 Å². The Bertz CT molecular complexity index is 538. The zero-order valence-electron chi connectivity index (χ0n) is 9.22. The molecule has 0 unspecified atom stereocenters. The number of carbonyl (C=O) groups is 1. The molecule has 0 spiro atoms. The molecule has 0 radical (unpaired) electrons. The molecule has 0 aliphatic heterocycles. The Kier molecular flexibility index (Phi) is 3.53. The number of carbonyl (C=O) groups excluding carboxylic acids is 1. The normalized spacial score (nSPS) is 10.2. The lowest BCUT2D eigenvalue weighted by Crippen LogP contribution is -2.23. The fraction of sp³-hybridized carbons (Fsp3) is 0.182. The second-order valence-corrected chi connectivity index (χ2v) is 4.44. The van der Waals surface area contributed by atoms with E-state index >= 15 is 0 Å². The Balaban J connectivity index is 1.98. The lowest BCUT2D eigenvalue weighted by molar-refractivity contribution is 0.0950. The van der Waals surface area contributed by atoms with Crippen molar-refractivity contribution in [3.8, 4) is 0 Å². The van der Waals surface area contributed by atoms with Gasteiger partial charge in [-0.15, -0.1) is 0 Å². The molecule has 0 bridgehead atoms. The van der Waals surface area contributed by atoms with Crippen molar-refractivity contribution in [3.05, 3.63) is 46.5 Å². The maximum Gasteiger partial charge on any atom is 0.251 e. The first-order chi connectivity index (χ1) is 8.15. The molecule has 88 valence electrons. The number of nitrogens with zero attached hydrogens (tertiary/aromatic N) is 3. The molecule has 17 heavy (non-hydrogen) atoms. The van der Waals surface area contributed by atoms with Crippen LogP contribution in [0.5, 0.6) is 0 Å². The highest BCUT2D eigenvalue weighted by molar-refractivity contribution is 9.10. The third-order valence-corrected chi connectivity index (χ3v) is 2.63. The predicted molar refractivity (Wildman–Crippen MR) is 66.3 cm³/mol. The van der Waals surface area contributed by atoms with Gasteiger partial charge in [-0.1, -0.05) is 22.0 Å². The van der Waals surface area contributed by atoms with Crippen LogP contribution in [0.1, 0.15) is 16.2 Å². The van der Waals surface area contributed by atoms with Crippen LogP contribution < -0.4 is 5.32 Å². The van der Waals surface area contributed by atoms with Crippen molar-refractivity contribution in [1.29, 1.82) is 0 Å². The minimum absolute atomic E-state index is 0.140. The Morgan fingerprint density at radius 2 is 2.35 bits per heavy atom. The minimum Gasteiger partial charge on any atom is -0.345 e. The third kappa shape index (κ3) is 3.13. The van der Waals surface area contributed by atoms with E-state index in [1.165, 1.54) is 0 Å². The summed E-state index contributed by atoms with van der Waals surface area (Å²) in [7, 11) is 1.78. The van der Waals surface area contributed by atoms with Gasteiger partial charge in [-0.05, 0) is 18.2 Å². The maximum atomic E-state index is 11.8. The average Bonchev–Trinajstić information content (AvgIpc) is 2.72. The van der Waals surface area contributed by atoms with Gasteiger partial charge in [-0.25, -0.2) is 4.98 Å². The molecule has 1 aromatic heterocycles. The zero-order chi connectivity index (χ0) is 12.3. The Morgan fingerprint density at radius 3 is 3.00 bits per heavy atom. The molecule has 0 aliphatic carbocycles. The molecule has 0 saturated carbocycles. The van der Waals surface area contributed by atoms with E-state index in [9.17, 15) is 4.79 Å². The van der Waals surface area contributed by atoms with Gasteiger partial charge < -0.3 is 5.32 Å². The number of amides is 1. The second kappa shape index (κ2) is 5.09. The van der Waals surface area contributed by atoms with Crippen molar-refractivity contribution < 1.29 is 4.79 Å². The van der Waals surface area contributed by atoms with Crippen LogP contribution in [0.3, 0.4) is 0 Å². The van der Waals surface area contributed by atoms with Gasteiger partial charge in [0, 0.05) is 17.1 Å². The van der Waals surface area contributed by atoms with Gasteiger partial charge >= 0.3 is 0 Å². The molecule has 2 aromatic rings. The monoisotopic (exact) mass is 294 g/mol. The fourth-order valence-corrected chi connectivity index (χ4v) is 1.76. The van der Waals surface area contributed by atoms with Crippen LogP contribution in [-0.2, 0) is 13.6 Å². The number of nitrogens with one attached hydrogen (secondary N) is 1. The molecule has 1 N–H and O–H groups in total. The van der Waals surface area contributed by atoms with E-state index in [4.69, 9.17) is 0 Å². The maximum absolute atomic E-state index is 11.8. The first-order valence-corrected chi connectivity index (χ1v) is 5.83. The lowest BCUT2D eigenvalue weighted by atomic mass is 10.2. The summed E-state index contributed by atoms with van der Waals surface area (Å²) >= 11 is 3.32. The smallest absolute Gasteiger partial charge is 0.251 e. The summed E-state index contributed by atoms with van der Waals surface area (Å²) in [6.45, 7) is 0.326. The number of aromatic nitrogens is 3. The zero-order valence-corrected chi connectivity index (χ0v) is 10.8. The van der Waals surface area contributed by atoms with Crippen LogP contribution in [-0.4, -0.2) is 20.7 Å². The Labute approximate surface area is 107 Å². The molecular formula is C11H11BrN4O. The van der Waals surface area contributed by atoms with Gasteiger partial charge in [0.25, 0.3) is 5.91 Å². The van der Waals surface area contributed by atoms with Gasteiger partial charge in [0.15, 0.2) is 5.82 Å². The summed E-state index contributed by atoms with van der Waals surface area (Å²) in [4.78, 5) is 15.8. The molecule has 1 amide bonds. The van der Waals surface area contributed by atoms with Crippen LogP contribution in [0.15, 0.2) is 35.1 Å². The van der Waals surface area contributed by atoms with Crippen molar-refractivity contribution in [2.24, 2.45) is 7.05 Å². The largest absolute Gasteiger partial charge is 0.345 e. The van der Waals surface area contributed by atoms with E-state index in [0.29, 0.717) is 17.9 Å². The topological polar surface area (TPSA) is 59.8 Å². The molecule has 5 nitrogen and oxygen atoms in total. The fourth-order valence-electron chi connectivity index (χ4n) is 1.36. The summed E-state index contributed by atoms with van der Waals surface area (Å²) < 4.78 is 2.47. The molecule has 6 heteroatoms. The van der Waals surface area contributed by atoms with Gasteiger partial charge in [0.05, 0.1) is 6.54 Å². The lowest BCUT2D eigenvalue weighted by Gasteiger charge is -2.02. The Hall–Kier alpha value is -1.69. The molecule has 0 saturated heterocycles. The first kappa shape index (κ1) is 11.8. The minimum atomic E-state index is -0.140. The van der Waals surface area contributed by atoms with Crippen molar-refractivity contribution in [1.82, 2.24) is 20.1 Å². The van der Waals surface area contributed by atoms with Gasteiger partial charge in [-0.3, -0.25) is 9.48 Å². The highest BCUT2D eigenvalue weighted by Gasteiger charge is 2.06. The summed E-state index contributed by atoms with van der Waals surface area (Å²) in [5, 5.41) is 6.83. The van der Waals surface area contributed by atoms with E-state index in [2.05, 4.69) is 31.3 Å². The number of benzene rings is 1. The van der Waals surface area contributed by atoms with E-state index in [1.54, 1.807) is 30.2 Å². The van der Waals surface area contributed by atoms with Crippen LogP contribution in [0.2, 0.25) is 0 Å². The quantitative estimate of drug-likeness (QED) is 0.933. The van der Waals surface area contributed by atoms with Crippen molar-refractivity contribution in [3.63, 3.8) is 0 Å². The number of hydrogen-bond acceptors (Lipinski definition) is 3. The number of halogens is 1. The molecule has 0 fully saturated rings. The summed E-state index contributed by atoms with van der Waals surface area (Å²) in [5.41, 5.74) is 0.607. The van der Waals surface area contributed by atoms with Crippen molar-refractivity contribution in [2.45, 2.75) is 6.54 Å². The second-order valence-electron chi connectivity index (χ2n) is 3.53. The standard InChI is InChI=1S/C11H11BrN4O/c1-16-7-14-10(15-16)6-13-11(17)8-3-2-4-9(12)5-8/h2-5,7H,6H2,1H3,(H,13,17). The third-order valence-electron chi connectivity index (χ3n) is 2.14. The van der Waals surface area contributed by atoms with E-state index < -0.39 is 0 Å². The Morgan fingerprint density at radius 1 is 1.53 bits per heavy atom. The van der Waals surface area contributed by atoms with E-state index in [1.807, 2.05) is 12.1 Å². The molecule has 1 aromatic carbocycles. The molecule has 0 atom stereocenters. The van der Waals surface area contributed by atoms with Crippen molar-refractivity contribution in [2.75, 3.05) is 0 Å². The summed E-state index contributed by atoms with van der Waals surface area (Å²) in [5.74, 6) is 0.453. The van der Waals surface area contributed by atoms with Crippen molar-refractivity contribution >= 4 is 21.8 Å². The number of hydrogen-bond donors (Lipinski definition) is 1. The summed E-state index contributed by atoms with van der Waals surface area (Å²) in [6, 6.07) is 7.21. The average molecular weight is 295 g/mol. The molecule has 1 heterocycles. The van der Waals surface area contributed by atoms with Crippen LogP contribution >= 0.6 is 15.9 Å². The van der Waals surface area contributed by atoms with E-state index in [-0.39, 0.29) is 5.91 Å². The van der Waals surface area contributed by atoms with Gasteiger partial charge in [0.1, 0.15) is 6.33 Å². The first-order valence-electron chi connectivity index (χ1n) is 5.03. The van der Waals surface area contributed by atoms with E-state index in [0.717, 1.165) is 4.47 Å². The molecule has 0 aliphatic rings.